The highest BCUT2D eigenvalue weighted by molar-refractivity contribution is 5.98. The molecule has 0 bridgehead atoms. The van der Waals surface area contributed by atoms with Crippen LogP contribution in [0.1, 0.15) is 5.56 Å². The molecule has 0 aliphatic rings. The average Bonchev–Trinajstić information content (AvgIpc) is 2.87. The van der Waals surface area contributed by atoms with Gasteiger partial charge in [-0.05, 0) is 24.6 Å². The minimum Gasteiger partial charge on any atom is -0.397 e. The molecule has 0 aliphatic carbocycles. The van der Waals surface area contributed by atoms with Crippen LogP contribution in [0, 0.1) is 6.92 Å². The molecule has 0 radical (unpaired) electrons. The van der Waals surface area contributed by atoms with Crippen molar-refractivity contribution in [2.24, 2.45) is 0 Å². The zero-order valence-electron chi connectivity index (χ0n) is 11.4. The highest BCUT2D eigenvalue weighted by Gasteiger charge is 2.04. The zero-order chi connectivity index (χ0) is 13.9. The maximum absolute atomic E-state index is 6.19. The molecule has 1 aromatic carbocycles. The van der Waals surface area contributed by atoms with Gasteiger partial charge in [-0.15, -0.1) is 0 Å². The summed E-state index contributed by atoms with van der Waals surface area (Å²) in [4.78, 5) is 4.10. The molecule has 0 atom stereocenters. The van der Waals surface area contributed by atoms with Gasteiger partial charge in [-0.3, -0.25) is 9.67 Å². The topological polar surface area (TPSA) is 68.8 Å². The molecule has 0 spiro atoms. The van der Waals surface area contributed by atoms with Crippen molar-refractivity contribution < 1.29 is 0 Å². The summed E-state index contributed by atoms with van der Waals surface area (Å²) >= 11 is 0. The average molecular weight is 267 g/mol. The van der Waals surface area contributed by atoms with Gasteiger partial charge >= 0.3 is 0 Å². The summed E-state index contributed by atoms with van der Waals surface area (Å²) in [5.41, 5.74) is 9.08. The molecule has 0 saturated heterocycles. The normalized spacial score (nSPS) is 10.8. The SMILES string of the molecule is Cc1cnn(CCNc2ccc3cnccc3c2N)c1. The van der Waals surface area contributed by atoms with Crippen molar-refractivity contribution in [2.45, 2.75) is 13.5 Å². The molecule has 0 aliphatic heterocycles. The van der Waals surface area contributed by atoms with Crippen molar-refractivity contribution in [2.75, 3.05) is 17.6 Å². The van der Waals surface area contributed by atoms with E-state index in [9.17, 15) is 0 Å². The second-order valence-corrected chi connectivity index (χ2v) is 4.83. The minimum absolute atomic E-state index is 0.765. The Morgan fingerprint density at radius 3 is 2.95 bits per heavy atom. The van der Waals surface area contributed by atoms with Crippen molar-refractivity contribution in [1.29, 1.82) is 0 Å². The van der Waals surface area contributed by atoms with Crippen LogP contribution in [0.4, 0.5) is 11.4 Å². The van der Waals surface area contributed by atoms with Gasteiger partial charge in [-0.2, -0.15) is 5.10 Å². The molecule has 102 valence electrons. The van der Waals surface area contributed by atoms with Crippen LogP contribution in [0.3, 0.4) is 0 Å². The molecule has 0 amide bonds. The number of anilines is 2. The van der Waals surface area contributed by atoms with Crippen LogP contribution in [-0.4, -0.2) is 21.3 Å². The third-order valence-electron chi connectivity index (χ3n) is 3.28. The van der Waals surface area contributed by atoms with E-state index in [1.165, 1.54) is 5.56 Å². The quantitative estimate of drug-likeness (QED) is 0.712. The van der Waals surface area contributed by atoms with Crippen molar-refractivity contribution >= 4 is 22.1 Å². The molecule has 3 rings (SSSR count). The summed E-state index contributed by atoms with van der Waals surface area (Å²) in [5, 5.41) is 9.69. The predicted octanol–water partition coefficient (Wildman–Crippen LogP) is 2.43. The van der Waals surface area contributed by atoms with Gasteiger partial charge < -0.3 is 11.1 Å². The molecule has 0 saturated carbocycles. The number of fused-ring (bicyclic) bond motifs is 1. The van der Waals surface area contributed by atoms with Crippen LogP contribution < -0.4 is 11.1 Å². The smallest absolute Gasteiger partial charge is 0.0630 e. The van der Waals surface area contributed by atoms with E-state index in [-0.39, 0.29) is 0 Å². The first-order valence-electron chi connectivity index (χ1n) is 6.59. The molecule has 0 fully saturated rings. The lowest BCUT2D eigenvalue weighted by molar-refractivity contribution is 0.637. The molecule has 5 nitrogen and oxygen atoms in total. The summed E-state index contributed by atoms with van der Waals surface area (Å²) in [6.07, 6.45) is 7.46. The van der Waals surface area contributed by atoms with Crippen molar-refractivity contribution in [3.8, 4) is 0 Å². The number of hydrogen-bond acceptors (Lipinski definition) is 4. The second kappa shape index (κ2) is 5.21. The van der Waals surface area contributed by atoms with Gasteiger partial charge in [0.15, 0.2) is 0 Å². The number of nitrogens with zero attached hydrogens (tertiary/aromatic N) is 3. The monoisotopic (exact) mass is 267 g/mol. The first-order chi connectivity index (χ1) is 9.74. The van der Waals surface area contributed by atoms with Crippen molar-refractivity contribution in [1.82, 2.24) is 14.8 Å². The highest BCUT2D eigenvalue weighted by atomic mass is 15.3. The number of aryl methyl sites for hydroxylation is 1. The van der Waals surface area contributed by atoms with E-state index in [0.29, 0.717) is 0 Å². The lowest BCUT2D eigenvalue weighted by Gasteiger charge is -2.11. The Morgan fingerprint density at radius 1 is 1.25 bits per heavy atom. The minimum atomic E-state index is 0.765. The number of nitrogens with one attached hydrogen (secondary N) is 1. The summed E-state index contributed by atoms with van der Waals surface area (Å²) in [5.74, 6) is 0. The fourth-order valence-electron chi connectivity index (χ4n) is 2.24. The number of hydrogen-bond donors (Lipinski definition) is 2. The second-order valence-electron chi connectivity index (χ2n) is 4.83. The molecule has 0 unspecified atom stereocenters. The number of benzene rings is 1. The van der Waals surface area contributed by atoms with E-state index >= 15 is 0 Å². The predicted molar refractivity (Wildman–Crippen MR) is 81.6 cm³/mol. The Hall–Kier alpha value is -2.56. The molecule has 3 N–H and O–H groups in total. The standard InChI is InChI=1S/C15H17N5/c1-11-8-19-20(10-11)7-6-18-14-3-2-12-9-17-5-4-13(12)15(14)16/h2-5,8-10,18H,6-7,16H2,1H3. The summed E-state index contributed by atoms with van der Waals surface area (Å²) in [6, 6.07) is 5.96. The molecule has 3 aromatic rings. The van der Waals surface area contributed by atoms with E-state index in [1.54, 1.807) is 6.20 Å². The van der Waals surface area contributed by atoms with Gasteiger partial charge in [-0.25, -0.2) is 0 Å². The van der Waals surface area contributed by atoms with Crippen LogP contribution in [0.2, 0.25) is 0 Å². The van der Waals surface area contributed by atoms with Crippen LogP contribution in [0.25, 0.3) is 10.8 Å². The first-order valence-corrected chi connectivity index (χ1v) is 6.59. The number of nitrogen functional groups attached to an aromatic ring is 1. The van der Waals surface area contributed by atoms with Gasteiger partial charge in [0.1, 0.15) is 0 Å². The maximum atomic E-state index is 6.19. The van der Waals surface area contributed by atoms with E-state index in [2.05, 4.69) is 15.4 Å². The third-order valence-corrected chi connectivity index (χ3v) is 3.28. The number of nitrogens with two attached hydrogens (primary N) is 1. The molecule has 2 aromatic heterocycles. The summed E-state index contributed by atoms with van der Waals surface area (Å²) in [7, 11) is 0. The molecule has 5 heteroatoms. The molecule has 2 heterocycles. The fourth-order valence-corrected chi connectivity index (χ4v) is 2.24. The molecule has 20 heavy (non-hydrogen) atoms. The Kier molecular flexibility index (Phi) is 3.25. The van der Waals surface area contributed by atoms with E-state index in [1.807, 2.05) is 48.4 Å². The van der Waals surface area contributed by atoms with Crippen molar-refractivity contribution in [3.05, 3.63) is 48.5 Å². The molecular weight excluding hydrogens is 250 g/mol. The highest BCUT2D eigenvalue weighted by Crippen LogP contribution is 2.27. The van der Waals surface area contributed by atoms with Gasteiger partial charge in [0, 0.05) is 35.9 Å². The van der Waals surface area contributed by atoms with Crippen molar-refractivity contribution in [3.63, 3.8) is 0 Å². The van der Waals surface area contributed by atoms with Gasteiger partial charge in [-0.1, -0.05) is 6.07 Å². The number of rotatable bonds is 4. The lowest BCUT2D eigenvalue weighted by Crippen LogP contribution is -2.12. The van der Waals surface area contributed by atoms with Gasteiger partial charge in [0.25, 0.3) is 0 Å². The summed E-state index contributed by atoms with van der Waals surface area (Å²) < 4.78 is 1.92. The number of aromatic nitrogens is 3. The lowest BCUT2D eigenvalue weighted by atomic mass is 10.1. The third kappa shape index (κ3) is 2.42. The maximum Gasteiger partial charge on any atom is 0.0630 e. The Morgan fingerprint density at radius 2 is 2.15 bits per heavy atom. The summed E-state index contributed by atoms with van der Waals surface area (Å²) in [6.45, 7) is 3.62. The van der Waals surface area contributed by atoms with Gasteiger partial charge in [0.2, 0.25) is 0 Å². The van der Waals surface area contributed by atoms with Crippen LogP contribution in [0.5, 0.6) is 0 Å². The largest absolute Gasteiger partial charge is 0.397 e. The molecular formula is C15H17N5. The van der Waals surface area contributed by atoms with E-state index < -0.39 is 0 Å². The van der Waals surface area contributed by atoms with E-state index in [0.717, 1.165) is 35.2 Å². The van der Waals surface area contributed by atoms with Gasteiger partial charge in [0.05, 0.1) is 24.1 Å². The van der Waals surface area contributed by atoms with Crippen LogP contribution in [0.15, 0.2) is 43.0 Å². The van der Waals surface area contributed by atoms with E-state index in [4.69, 9.17) is 5.73 Å². The fraction of sp³-hybridized carbons (Fsp3) is 0.200. The Labute approximate surface area is 117 Å². The van der Waals surface area contributed by atoms with Crippen LogP contribution in [-0.2, 0) is 6.54 Å². The number of pyridine rings is 1. The first kappa shape index (κ1) is 12.5. The zero-order valence-corrected chi connectivity index (χ0v) is 11.4. The van der Waals surface area contributed by atoms with Crippen LogP contribution >= 0.6 is 0 Å². The Bertz CT molecular complexity index is 732. The Balaban J connectivity index is 1.73.